The molecule has 0 spiro atoms. The molecule has 0 radical (unpaired) electrons. The first-order valence-corrected chi connectivity index (χ1v) is 6.60. The highest BCUT2D eigenvalue weighted by atomic mass is 16.5. The molecule has 0 aliphatic rings. The van der Waals surface area contributed by atoms with Crippen molar-refractivity contribution < 1.29 is 9.53 Å². The van der Waals surface area contributed by atoms with Gasteiger partial charge in [0, 0.05) is 0 Å². The van der Waals surface area contributed by atoms with Crippen molar-refractivity contribution in [2.24, 2.45) is 15.6 Å². The topological polar surface area (TPSA) is 98.6 Å². The third-order valence-corrected chi connectivity index (χ3v) is 3.01. The van der Waals surface area contributed by atoms with Gasteiger partial charge in [0.2, 0.25) is 0 Å². The second-order valence-electron chi connectivity index (χ2n) is 6.21. The molecule has 0 N–H and O–H groups in total. The number of rotatable bonds is 7. The van der Waals surface area contributed by atoms with Crippen LogP contribution in [0.15, 0.2) is 23.1 Å². The second kappa shape index (κ2) is 6.99. The molecule has 0 aromatic heterocycles. The highest BCUT2D eigenvalue weighted by Gasteiger charge is 2.34. The maximum atomic E-state index is 11.8. The molecule has 21 heavy (non-hydrogen) atoms. The molecule has 0 aliphatic carbocycles. The maximum Gasteiger partial charge on any atom is 0.316 e. The van der Waals surface area contributed by atoms with Gasteiger partial charge in [0.25, 0.3) is 0 Å². The first kappa shape index (κ1) is 18.8. The summed E-state index contributed by atoms with van der Waals surface area (Å²) in [5.41, 5.74) is -2.82. The van der Waals surface area contributed by atoms with Gasteiger partial charge in [0.1, 0.15) is 0 Å². The number of carbonyl (C=O) groups is 1. The lowest BCUT2D eigenvalue weighted by atomic mass is 9.83. The molecule has 0 bridgehead atoms. The number of nitriles is 2. The minimum atomic E-state index is -1.08. The van der Waals surface area contributed by atoms with E-state index >= 15 is 0 Å². The number of carbonyl (C=O) groups excluding carboxylic acids is 1. The van der Waals surface area contributed by atoms with Gasteiger partial charge < -0.3 is 4.74 Å². The summed E-state index contributed by atoms with van der Waals surface area (Å²) in [6.07, 6.45) is 1.81. The van der Waals surface area contributed by atoms with E-state index in [-0.39, 0.29) is 0 Å². The molecule has 0 heterocycles. The first-order valence-electron chi connectivity index (χ1n) is 6.60. The van der Waals surface area contributed by atoms with Crippen LogP contribution >= 0.6 is 0 Å². The number of hydrogen-bond acceptors (Lipinski definition) is 6. The van der Waals surface area contributed by atoms with Crippen molar-refractivity contribution in [2.75, 3.05) is 0 Å². The second-order valence-corrected chi connectivity index (χ2v) is 6.21. The first-order chi connectivity index (χ1) is 9.52. The Kier molecular flexibility index (Phi) is 6.25. The minimum Gasteiger partial charge on any atom is -0.435 e. The molecule has 0 fully saturated rings. The minimum absolute atomic E-state index is 0.327. The zero-order valence-electron chi connectivity index (χ0n) is 13.3. The zero-order valence-corrected chi connectivity index (χ0v) is 13.3. The molecule has 0 aromatic carbocycles. The summed E-state index contributed by atoms with van der Waals surface area (Å²) in [7, 11) is 0. The summed E-state index contributed by atoms with van der Waals surface area (Å²) >= 11 is 0. The molecular weight excluding hydrogens is 268 g/mol. The third kappa shape index (κ3) is 6.18. The van der Waals surface area contributed by atoms with Crippen molar-refractivity contribution in [1.29, 1.82) is 10.5 Å². The van der Waals surface area contributed by atoms with Crippen LogP contribution in [-0.4, -0.2) is 17.0 Å². The van der Waals surface area contributed by atoms with Crippen molar-refractivity contribution in [3.05, 3.63) is 12.8 Å². The Balaban J connectivity index is 4.94. The fourth-order valence-corrected chi connectivity index (χ4v) is 1.28. The van der Waals surface area contributed by atoms with Gasteiger partial charge in [-0.15, -0.1) is 0 Å². The highest BCUT2D eigenvalue weighted by molar-refractivity contribution is 5.76. The average Bonchev–Trinajstić information content (AvgIpc) is 2.43. The smallest absolute Gasteiger partial charge is 0.316 e. The lowest BCUT2D eigenvalue weighted by molar-refractivity contribution is -0.148. The summed E-state index contributed by atoms with van der Waals surface area (Å²) < 4.78 is 4.78. The van der Waals surface area contributed by atoms with Crippen molar-refractivity contribution in [1.82, 2.24) is 0 Å². The van der Waals surface area contributed by atoms with E-state index in [1.165, 1.54) is 0 Å². The molecule has 0 rings (SSSR count). The van der Waals surface area contributed by atoms with Gasteiger partial charge in [-0.25, -0.2) is 0 Å². The monoisotopic (exact) mass is 290 g/mol. The number of hydrogen-bond donors (Lipinski definition) is 0. The van der Waals surface area contributed by atoms with E-state index in [1.54, 1.807) is 34.6 Å². The molecule has 6 heteroatoms. The van der Waals surface area contributed by atoms with Crippen LogP contribution in [0.1, 0.15) is 47.5 Å². The van der Waals surface area contributed by atoms with Crippen molar-refractivity contribution in [3.8, 4) is 12.1 Å². The molecule has 0 saturated heterocycles. The number of nitrogens with zero attached hydrogens (tertiary/aromatic N) is 4. The number of ether oxygens (including phenoxy) is 1. The average molecular weight is 290 g/mol. The van der Waals surface area contributed by atoms with Gasteiger partial charge in [-0.2, -0.15) is 20.8 Å². The predicted molar refractivity (Wildman–Crippen MR) is 77.9 cm³/mol. The Bertz CT molecular complexity index is 509. The largest absolute Gasteiger partial charge is 0.435 e. The molecule has 6 nitrogen and oxygen atoms in total. The van der Waals surface area contributed by atoms with Gasteiger partial charge in [0.05, 0.1) is 23.8 Å². The van der Waals surface area contributed by atoms with E-state index in [0.29, 0.717) is 12.8 Å². The van der Waals surface area contributed by atoms with Gasteiger partial charge in [-0.1, -0.05) is 6.58 Å². The SMILES string of the molecule is C=COC(=O)C(C)(C)CCC(C)(C#N)N=NC(C)(C)C#N. The van der Waals surface area contributed by atoms with Crippen LogP contribution in [0.4, 0.5) is 0 Å². The highest BCUT2D eigenvalue weighted by Crippen LogP contribution is 2.30. The molecule has 0 aromatic rings. The number of esters is 1. The summed E-state index contributed by atoms with van der Waals surface area (Å²) in [5.74, 6) is -0.410. The van der Waals surface area contributed by atoms with Crippen LogP contribution in [0.2, 0.25) is 0 Å². The molecule has 114 valence electrons. The Morgan fingerprint density at radius 2 is 1.71 bits per heavy atom. The van der Waals surface area contributed by atoms with E-state index in [9.17, 15) is 10.1 Å². The predicted octanol–water partition coefficient (Wildman–Crippen LogP) is 3.52. The lowest BCUT2D eigenvalue weighted by Crippen LogP contribution is -2.30. The lowest BCUT2D eigenvalue weighted by Gasteiger charge is -2.25. The van der Waals surface area contributed by atoms with Crippen LogP contribution in [0.5, 0.6) is 0 Å². The van der Waals surface area contributed by atoms with E-state index in [2.05, 4.69) is 22.9 Å². The van der Waals surface area contributed by atoms with E-state index < -0.39 is 22.5 Å². The summed E-state index contributed by atoms with van der Waals surface area (Å²) in [5, 5.41) is 26.1. The molecule has 0 saturated carbocycles. The molecule has 0 aliphatic heterocycles. The molecule has 0 amide bonds. The summed E-state index contributed by atoms with van der Waals surface area (Å²) in [4.78, 5) is 11.8. The summed E-state index contributed by atoms with van der Waals surface area (Å²) in [6, 6.07) is 4.07. The van der Waals surface area contributed by atoms with Crippen LogP contribution in [-0.2, 0) is 9.53 Å². The van der Waals surface area contributed by atoms with Crippen LogP contribution in [0.25, 0.3) is 0 Å². The molecular formula is C15H22N4O2. The standard InChI is InChI=1S/C15H22N4O2/c1-7-21-12(20)13(2,3)8-9-15(6,11-17)19-18-14(4,5)10-16/h7H,1,8-9H2,2-6H3. The Labute approximate surface area is 126 Å². The Morgan fingerprint density at radius 1 is 1.14 bits per heavy atom. The van der Waals surface area contributed by atoms with Gasteiger partial charge in [-0.3, -0.25) is 4.79 Å². The molecule has 1 atom stereocenters. The fourth-order valence-electron chi connectivity index (χ4n) is 1.28. The summed E-state index contributed by atoms with van der Waals surface area (Å²) in [6.45, 7) is 11.6. The quantitative estimate of drug-likeness (QED) is 0.407. The zero-order chi connectivity index (χ0) is 16.7. The van der Waals surface area contributed by atoms with Crippen LogP contribution in [0, 0.1) is 28.1 Å². The van der Waals surface area contributed by atoms with Crippen LogP contribution < -0.4 is 0 Å². The van der Waals surface area contributed by atoms with E-state index in [1.807, 2.05) is 6.07 Å². The van der Waals surface area contributed by atoms with Crippen molar-refractivity contribution >= 4 is 5.97 Å². The Morgan fingerprint density at radius 3 is 2.14 bits per heavy atom. The fraction of sp³-hybridized carbons (Fsp3) is 0.667. The van der Waals surface area contributed by atoms with E-state index in [0.717, 1.165) is 6.26 Å². The van der Waals surface area contributed by atoms with Gasteiger partial charge >= 0.3 is 5.97 Å². The third-order valence-electron chi connectivity index (χ3n) is 3.01. The number of azo groups is 1. The van der Waals surface area contributed by atoms with Gasteiger partial charge in [0.15, 0.2) is 11.1 Å². The van der Waals surface area contributed by atoms with Crippen LogP contribution in [0.3, 0.4) is 0 Å². The van der Waals surface area contributed by atoms with Gasteiger partial charge in [-0.05, 0) is 47.5 Å². The van der Waals surface area contributed by atoms with E-state index in [4.69, 9.17) is 10.00 Å². The van der Waals surface area contributed by atoms with Crippen molar-refractivity contribution in [2.45, 2.75) is 58.5 Å². The maximum absolute atomic E-state index is 11.8. The molecule has 1 unspecified atom stereocenters. The van der Waals surface area contributed by atoms with Crippen molar-refractivity contribution in [3.63, 3.8) is 0 Å². The Hall–Kier alpha value is -2.21. The normalized spacial score (nSPS) is 14.8.